The quantitative estimate of drug-likeness (QED) is 0.354. The van der Waals surface area contributed by atoms with Crippen molar-refractivity contribution in [1.29, 1.82) is 0 Å². The molecule has 1 aliphatic rings. The first kappa shape index (κ1) is 9.07. The van der Waals surface area contributed by atoms with Crippen molar-refractivity contribution in [2.75, 3.05) is 17.5 Å². The second kappa shape index (κ2) is 3.02. The highest BCUT2D eigenvalue weighted by Crippen LogP contribution is 2.36. The van der Waals surface area contributed by atoms with Crippen LogP contribution in [0.15, 0.2) is 12.1 Å². The maximum atomic E-state index is 9.49. The molecule has 0 saturated heterocycles. The largest absolute Gasteiger partial charge is 0.508 e. The number of phenols is 1. The van der Waals surface area contributed by atoms with E-state index in [0.717, 1.165) is 10.1 Å². The molecule has 1 aromatic carbocycles. The number of nitrogen functional groups attached to an aromatic ring is 1. The van der Waals surface area contributed by atoms with Crippen LogP contribution in [-0.2, 0) is 6.54 Å². The Balaban J connectivity index is 2.57. The number of anilines is 2. The van der Waals surface area contributed by atoms with Crippen LogP contribution in [0.25, 0.3) is 0 Å². The van der Waals surface area contributed by atoms with E-state index in [1.807, 2.05) is 0 Å². The van der Waals surface area contributed by atoms with Gasteiger partial charge < -0.3 is 16.0 Å². The Morgan fingerprint density at radius 2 is 2.00 bits per heavy atom. The summed E-state index contributed by atoms with van der Waals surface area (Å²) in [5.74, 6) is 0.00648. The molecule has 0 aromatic heterocycles. The van der Waals surface area contributed by atoms with Gasteiger partial charge in [0.1, 0.15) is 12.4 Å². The zero-order valence-electron chi connectivity index (χ0n) is 7.38. The van der Waals surface area contributed by atoms with Gasteiger partial charge in [0.2, 0.25) is 0 Å². The molecule has 0 atom stereocenters. The zero-order chi connectivity index (χ0) is 10.3. The molecule has 1 aromatic rings. The molecule has 0 amide bonds. The number of aromatic hydroxyl groups is 1. The SMILES string of the molecule is Nc1ccc(O)c2c1N(O)CN(O)C2. The zero-order valence-corrected chi connectivity index (χ0v) is 7.38. The smallest absolute Gasteiger partial charge is 0.122 e. The van der Waals surface area contributed by atoms with E-state index in [1.165, 1.54) is 12.1 Å². The van der Waals surface area contributed by atoms with Gasteiger partial charge in [-0.2, -0.15) is 5.06 Å². The highest BCUT2D eigenvalue weighted by atomic mass is 16.5. The van der Waals surface area contributed by atoms with Gasteiger partial charge in [-0.15, -0.1) is 0 Å². The van der Waals surface area contributed by atoms with Crippen LogP contribution in [0.4, 0.5) is 11.4 Å². The van der Waals surface area contributed by atoms with Crippen LogP contribution < -0.4 is 10.8 Å². The van der Waals surface area contributed by atoms with Crippen molar-refractivity contribution in [2.24, 2.45) is 0 Å². The first-order chi connectivity index (χ1) is 6.59. The Labute approximate surface area is 80.3 Å². The third-order valence-corrected chi connectivity index (χ3v) is 2.19. The normalized spacial score (nSPS) is 16.9. The van der Waals surface area contributed by atoms with Crippen LogP contribution in [-0.4, -0.2) is 27.3 Å². The van der Waals surface area contributed by atoms with Crippen molar-refractivity contribution in [3.05, 3.63) is 17.7 Å². The lowest BCUT2D eigenvalue weighted by atomic mass is 10.1. The maximum absolute atomic E-state index is 9.49. The molecule has 0 aliphatic carbocycles. The summed E-state index contributed by atoms with van der Waals surface area (Å²) in [6.45, 7) is 0.0872. The number of hydrogen-bond acceptors (Lipinski definition) is 6. The molecule has 5 N–H and O–H groups in total. The van der Waals surface area contributed by atoms with Gasteiger partial charge >= 0.3 is 0 Å². The Morgan fingerprint density at radius 1 is 1.29 bits per heavy atom. The molecule has 0 fully saturated rings. The van der Waals surface area contributed by atoms with Crippen LogP contribution in [0.3, 0.4) is 0 Å². The predicted octanol–water partition coefficient (Wildman–Crippen LogP) is 0.332. The standard InChI is InChI=1S/C8H11N3O3/c9-6-1-2-7(12)5-3-10(13)4-11(14)8(5)6/h1-2,12-14H,3-4,9H2. The number of rotatable bonds is 0. The summed E-state index contributed by atoms with van der Waals surface area (Å²) in [6, 6.07) is 2.94. The van der Waals surface area contributed by atoms with E-state index in [4.69, 9.17) is 5.73 Å². The number of hydroxylamine groups is 3. The predicted molar refractivity (Wildman–Crippen MR) is 49.0 cm³/mol. The first-order valence-electron chi connectivity index (χ1n) is 4.10. The van der Waals surface area contributed by atoms with Gasteiger partial charge in [0, 0.05) is 5.56 Å². The number of phenolic OH excluding ortho intramolecular Hbond substituents is 1. The Morgan fingerprint density at radius 3 is 2.71 bits per heavy atom. The Hall–Kier alpha value is -1.50. The molecular weight excluding hydrogens is 186 g/mol. The molecule has 0 unspecified atom stereocenters. The average Bonchev–Trinajstić information content (AvgIpc) is 2.10. The van der Waals surface area contributed by atoms with Crippen molar-refractivity contribution in [2.45, 2.75) is 6.54 Å². The van der Waals surface area contributed by atoms with Crippen molar-refractivity contribution in [3.63, 3.8) is 0 Å². The van der Waals surface area contributed by atoms with Crippen LogP contribution in [0.1, 0.15) is 5.56 Å². The number of nitrogens with zero attached hydrogens (tertiary/aromatic N) is 2. The molecular formula is C8H11N3O3. The molecule has 2 rings (SSSR count). The highest BCUT2D eigenvalue weighted by molar-refractivity contribution is 5.74. The fraction of sp³-hybridized carbons (Fsp3) is 0.250. The summed E-state index contributed by atoms with van der Waals surface area (Å²) in [5.41, 5.74) is 6.78. The van der Waals surface area contributed by atoms with E-state index in [2.05, 4.69) is 0 Å². The molecule has 0 spiro atoms. The molecule has 0 saturated carbocycles. The number of nitrogens with two attached hydrogens (primary N) is 1. The fourth-order valence-corrected chi connectivity index (χ4v) is 1.56. The third-order valence-electron chi connectivity index (χ3n) is 2.19. The number of hydrogen-bond donors (Lipinski definition) is 4. The monoisotopic (exact) mass is 197 g/mol. The third kappa shape index (κ3) is 1.25. The second-order valence-electron chi connectivity index (χ2n) is 3.21. The van der Waals surface area contributed by atoms with E-state index in [-0.39, 0.29) is 19.0 Å². The summed E-state index contributed by atoms with van der Waals surface area (Å²) >= 11 is 0. The van der Waals surface area contributed by atoms with Gasteiger partial charge in [0.25, 0.3) is 0 Å². The Kier molecular flexibility index (Phi) is 1.95. The summed E-state index contributed by atoms with van der Waals surface area (Å²) in [7, 11) is 0. The van der Waals surface area contributed by atoms with Crippen molar-refractivity contribution < 1.29 is 15.5 Å². The maximum Gasteiger partial charge on any atom is 0.122 e. The van der Waals surface area contributed by atoms with Gasteiger partial charge in [0.15, 0.2) is 0 Å². The van der Waals surface area contributed by atoms with Crippen LogP contribution in [0.5, 0.6) is 5.75 Å². The van der Waals surface area contributed by atoms with Crippen molar-refractivity contribution in [3.8, 4) is 5.75 Å². The first-order valence-corrected chi connectivity index (χ1v) is 4.10. The lowest BCUT2D eigenvalue weighted by Crippen LogP contribution is -2.38. The van der Waals surface area contributed by atoms with Crippen LogP contribution in [0.2, 0.25) is 0 Å². The molecule has 76 valence electrons. The topological polar surface area (TPSA) is 93.2 Å². The summed E-state index contributed by atoms with van der Waals surface area (Å²) in [6.07, 6.45) is 0. The summed E-state index contributed by atoms with van der Waals surface area (Å²) in [4.78, 5) is 0. The Bertz CT molecular complexity index is 369. The van der Waals surface area contributed by atoms with Gasteiger partial charge in [-0.3, -0.25) is 5.21 Å². The minimum atomic E-state index is -0.0549. The molecule has 1 heterocycles. The second-order valence-corrected chi connectivity index (χ2v) is 3.21. The minimum Gasteiger partial charge on any atom is -0.508 e. The van der Waals surface area contributed by atoms with E-state index in [0.29, 0.717) is 16.9 Å². The van der Waals surface area contributed by atoms with Gasteiger partial charge in [-0.25, -0.2) is 5.06 Å². The lowest BCUT2D eigenvalue weighted by Gasteiger charge is -2.31. The lowest BCUT2D eigenvalue weighted by molar-refractivity contribution is -0.117. The molecule has 1 aliphatic heterocycles. The van der Waals surface area contributed by atoms with Crippen LogP contribution in [0, 0.1) is 0 Å². The molecule has 0 radical (unpaired) electrons. The van der Waals surface area contributed by atoms with E-state index in [9.17, 15) is 15.5 Å². The van der Waals surface area contributed by atoms with E-state index in [1.54, 1.807) is 0 Å². The molecule has 6 nitrogen and oxygen atoms in total. The van der Waals surface area contributed by atoms with E-state index >= 15 is 0 Å². The van der Waals surface area contributed by atoms with Crippen LogP contribution >= 0.6 is 0 Å². The van der Waals surface area contributed by atoms with Gasteiger partial charge in [-0.05, 0) is 12.1 Å². The fourth-order valence-electron chi connectivity index (χ4n) is 1.56. The van der Waals surface area contributed by atoms with E-state index < -0.39 is 0 Å². The van der Waals surface area contributed by atoms with Crippen molar-refractivity contribution >= 4 is 11.4 Å². The molecule has 14 heavy (non-hydrogen) atoms. The number of fused-ring (bicyclic) bond motifs is 1. The molecule has 0 bridgehead atoms. The average molecular weight is 197 g/mol. The number of benzene rings is 1. The van der Waals surface area contributed by atoms with Gasteiger partial charge in [0.05, 0.1) is 17.9 Å². The summed E-state index contributed by atoms with van der Waals surface area (Å²) < 4.78 is 0. The summed E-state index contributed by atoms with van der Waals surface area (Å²) in [5, 5.41) is 29.9. The highest BCUT2D eigenvalue weighted by Gasteiger charge is 2.24. The molecule has 6 heteroatoms. The minimum absolute atomic E-state index is 0.00648. The van der Waals surface area contributed by atoms with Crippen molar-refractivity contribution in [1.82, 2.24) is 5.06 Å². The van der Waals surface area contributed by atoms with Gasteiger partial charge in [-0.1, -0.05) is 0 Å².